The van der Waals surface area contributed by atoms with Gasteiger partial charge in [0.25, 0.3) is 0 Å². The van der Waals surface area contributed by atoms with Gasteiger partial charge < -0.3 is 10.1 Å². The second-order valence-electron chi connectivity index (χ2n) is 6.89. The van der Waals surface area contributed by atoms with Gasteiger partial charge in [-0.2, -0.15) is 5.10 Å². The molecule has 0 spiro atoms. The number of para-hydroxylation sites is 1. The summed E-state index contributed by atoms with van der Waals surface area (Å²) in [6, 6.07) is 25.6. The molecule has 0 bridgehead atoms. The number of ether oxygens (including phenoxy) is 1. The summed E-state index contributed by atoms with van der Waals surface area (Å²) in [6.07, 6.45) is 2.28. The molecule has 156 valence electrons. The Labute approximate surface area is 193 Å². The molecule has 1 unspecified atom stereocenters. The summed E-state index contributed by atoms with van der Waals surface area (Å²) in [5.41, 5.74) is 3.02. The number of amidine groups is 1. The van der Waals surface area contributed by atoms with Gasteiger partial charge >= 0.3 is 0 Å². The highest BCUT2D eigenvalue weighted by Crippen LogP contribution is 2.24. The summed E-state index contributed by atoms with van der Waals surface area (Å²) in [5.74, 6) is 0.681. The third-order valence-corrected chi connectivity index (χ3v) is 6.21. The van der Waals surface area contributed by atoms with Crippen LogP contribution in [-0.2, 0) is 17.8 Å². The van der Waals surface area contributed by atoms with Crippen molar-refractivity contribution in [1.29, 1.82) is 0 Å². The van der Waals surface area contributed by atoms with Crippen LogP contribution in [0.1, 0.15) is 16.7 Å². The van der Waals surface area contributed by atoms with E-state index in [4.69, 9.17) is 4.74 Å². The number of nitrogens with one attached hydrogen (secondary N) is 1. The Balaban J connectivity index is 1.38. The first-order valence-electron chi connectivity index (χ1n) is 9.76. The van der Waals surface area contributed by atoms with E-state index in [0.717, 1.165) is 26.9 Å². The highest BCUT2D eigenvalue weighted by Gasteiger charge is 2.30. The first-order valence-corrected chi connectivity index (χ1v) is 11.4. The lowest BCUT2D eigenvalue weighted by Gasteiger charge is -2.08. The van der Waals surface area contributed by atoms with Crippen LogP contribution >= 0.6 is 27.7 Å². The maximum atomic E-state index is 12.3. The number of hydrogen-bond donors (Lipinski definition) is 1. The SMILES string of the molecule is O=C1N/C(=N\N=C\c2ccccc2OCc2ccccc2)SC1Cc1ccc(Br)cc1. The minimum absolute atomic E-state index is 0.0477. The molecule has 1 saturated heterocycles. The van der Waals surface area contributed by atoms with E-state index in [1.807, 2.05) is 78.9 Å². The lowest BCUT2D eigenvalue weighted by molar-refractivity contribution is -0.118. The van der Waals surface area contributed by atoms with Crippen LogP contribution < -0.4 is 10.1 Å². The number of carbonyl (C=O) groups excluding carboxylic acids is 1. The summed E-state index contributed by atoms with van der Waals surface area (Å²) in [4.78, 5) is 12.3. The summed E-state index contributed by atoms with van der Waals surface area (Å²) in [5, 5.41) is 11.5. The molecule has 1 fully saturated rings. The number of rotatable bonds is 7. The van der Waals surface area contributed by atoms with Crippen LogP contribution in [-0.4, -0.2) is 22.5 Å². The zero-order chi connectivity index (χ0) is 21.5. The fourth-order valence-electron chi connectivity index (χ4n) is 3.02. The van der Waals surface area contributed by atoms with Crippen LogP contribution in [0.2, 0.25) is 0 Å². The second-order valence-corrected chi connectivity index (χ2v) is 9.00. The molecule has 5 nitrogen and oxygen atoms in total. The first kappa shape index (κ1) is 21.3. The lowest BCUT2D eigenvalue weighted by atomic mass is 10.1. The van der Waals surface area contributed by atoms with Gasteiger partial charge in [-0.25, -0.2) is 0 Å². The number of thioether (sulfide) groups is 1. The third kappa shape index (κ3) is 6.06. The molecular formula is C24H20BrN3O2S. The first-order chi connectivity index (χ1) is 15.2. The van der Waals surface area contributed by atoms with E-state index in [1.165, 1.54) is 11.8 Å². The molecule has 0 aromatic heterocycles. The average molecular weight is 494 g/mol. The van der Waals surface area contributed by atoms with Crippen molar-refractivity contribution in [2.45, 2.75) is 18.3 Å². The Morgan fingerprint density at radius 3 is 2.52 bits per heavy atom. The molecule has 0 radical (unpaired) electrons. The van der Waals surface area contributed by atoms with Crippen LogP contribution in [0.4, 0.5) is 0 Å². The third-order valence-electron chi connectivity index (χ3n) is 4.61. The molecule has 4 rings (SSSR count). The topological polar surface area (TPSA) is 63.0 Å². The van der Waals surface area contributed by atoms with Crippen LogP contribution in [0.5, 0.6) is 5.75 Å². The van der Waals surface area contributed by atoms with Crippen molar-refractivity contribution in [2.24, 2.45) is 10.2 Å². The predicted molar refractivity (Wildman–Crippen MR) is 130 cm³/mol. The lowest BCUT2D eigenvalue weighted by Crippen LogP contribution is -2.25. The van der Waals surface area contributed by atoms with Gasteiger partial charge in [0.2, 0.25) is 5.91 Å². The molecule has 3 aromatic rings. The number of hydrogen-bond acceptors (Lipinski definition) is 5. The van der Waals surface area contributed by atoms with Crippen LogP contribution in [0.3, 0.4) is 0 Å². The van der Waals surface area contributed by atoms with E-state index in [2.05, 4.69) is 31.4 Å². The van der Waals surface area contributed by atoms with Crippen molar-refractivity contribution in [3.8, 4) is 5.75 Å². The van der Waals surface area contributed by atoms with E-state index < -0.39 is 0 Å². The van der Waals surface area contributed by atoms with E-state index >= 15 is 0 Å². The molecule has 0 aliphatic carbocycles. The molecule has 1 aliphatic heterocycles. The molecule has 1 amide bonds. The quantitative estimate of drug-likeness (QED) is 0.363. The fraction of sp³-hybridized carbons (Fsp3) is 0.125. The average Bonchev–Trinajstić information content (AvgIpc) is 3.14. The van der Waals surface area contributed by atoms with Crippen molar-refractivity contribution >= 4 is 45.0 Å². The van der Waals surface area contributed by atoms with E-state index in [-0.39, 0.29) is 11.2 Å². The van der Waals surface area contributed by atoms with E-state index in [9.17, 15) is 4.79 Å². The zero-order valence-corrected chi connectivity index (χ0v) is 19.0. The van der Waals surface area contributed by atoms with Crippen molar-refractivity contribution < 1.29 is 9.53 Å². The van der Waals surface area contributed by atoms with Gasteiger partial charge in [-0.05, 0) is 41.8 Å². The molecule has 1 N–H and O–H groups in total. The Morgan fingerprint density at radius 1 is 0.968 bits per heavy atom. The summed E-state index contributed by atoms with van der Waals surface area (Å²) >= 11 is 4.82. The fourth-order valence-corrected chi connectivity index (χ4v) is 4.25. The maximum absolute atomic E-state index is 12.3. The van der Waals surface area contributed by atoms with Crippen LogP contribution in [0.15, 0.2) is 93.5 Å². The second kappa shape index (κ2) is 10.4. The monoisotopic (exact) mass is 493 g/mol. The number of carbonyl (C=O) groups is 1. The normalized spacial score (nSPS) is 17.3. The molecule has 1 aliphatic rings. The van der Waals surface area contributed by atoms with E-state index in [0.29, 0.717) is 18.2 Å². The van der Waals surface area contributed by atoms with Crippen LogP contribution in [0.25, 0.3) is 0 Å². The van der Waals surface area contributed by atoms with Gasteiger partial charge in [0.1, 0.15) is 12.4 Å². The number of benzene rings is 3. The number of nitrogens with zero attached hydrogens (tertiary/aromatic N) is 2. The van der Waals surface area contributed by atoms with Crippen molar-refractivity contribution in [3.63, 3.8) is 0 Å². The minimum Gasteiger partial charge on any atom is -0.488 e. The summed E-state index contributed by atoms with van der Waals surface area (Å²) in [7, 11) is 0. The summed E-state index contributed by atoms with van der Waals surface area (Å²) in [6.45, 7) is 0.476. The molecule has 3 aromatic carbocycles. The zero-order valence-electron chi connectivity index (χ0n) is 16.6. The maximum Gasteiger partial charge on any atom is 0.239 e. The highest BCUT2D eigenvalue weighted by molar-refractivity contribution is 9.10. The van der Waals surface area contributed by atoms with Crippen LogP contribution in [0, 0.1) is 0 Å². The molecular weight excluding hydrogens is 474 g/mol. The summed E-state index contributed by atoms with van der Waals surface area (Å²) < 4.78 is 6.95. The highest BCUT2D eigenvalue weighted by atomic mass is 79.9. The van der Waals surface area contributed by atoms with Gasteiger partial charge in [0, 0.05) is 10.0 Å². The largest absolute Gasteiger partial charge is 0.488 e. The Morgan fingerprint density at radius 2 is 1.71 bits per heavy atom. The molecule has 1 atom stereocenters. The van der Waals surface area contributed by atoms with Gasteiger partial charge in [-0.3, -0.25) is 4.79 Å². The number of amides is 1. The Hall–Kier alpha value is -2.90. The van der Waals surface area contributed by atoms with Crippen molar-refractivity contribution in [1.82, 2.24) is 5.32 Å². The van der Waals surface area contributed by atoms with Gasteiger partial charge in [-0.1, -0.05) is 82.3 Å². The van der Waals surface area contributed by atoms with E-state index in [1.54, 1.807) is 6.21 Å². The Bertz CT molecular complexity index is 1100. The van der Waals surface area contributed by atoms with Gasteiger partial charge in [0.15, 0.2) is 5.17 Å². The minimum atomic E-state index is -0.211. The standard InChI is InChI=1S/C24H20BrN3O2S/c25-20-12-10-17(11-13-20)14-22-23(29)27-24(31-22)28-26-15-19-8-4-5-9-21(19)30-16-18-6-2-1-3-7-18/h1-13,15,22H,14,16H2,(H,27,28,29)/b26-15+. The predicted octanol–water partition coefficient (Wildman–Crippen LogP) is 5.19. The Kier molecular flexibility index (Phi) is 7.17. The van der Waals surface area contributed by atoms with Gasteiger partial charge in [0.05, 0.1) is 11.5 Å². The van der Waals surface area contributed by atoms with Crippen molar-refractivity contribution in [3.05, 3.63) is 100 Å². The smallest absolute Gasteiger partial charge is 0.239 e. The molecule has 7 heteroatoms. The molecule has 0 saturated carbocycles. The van der Waals surface area contributed by atoms with Gasteiger partial charge in [-0.15, -0.1) is 5.10 Å². The number of halogens is 1. The molecule has 31 heavy (non-hydrogen) atoms. The van der Waals surface area contributed by atoms with Crippen molar-refractivity contribution in [2.75, 3.05) is 0 Å². The molecule has 1 heterocycles.